The van der Waals surface area contributed by atoms with E-state index in [9.17, 15) is 0 Å². The van der Waals surface area contributed by atoms with Crippen LogP contribution in [0, 0.1) is 0 Å². The monoisotopic (exact) mass is 236 g/mol. The second-order valence-electron chi connectivity index (χ2n) is 4.21. The Labute approximate surface area is 102 Å². The zero-order valence-electron chi connectivity index (χ0n) is 10.2. The zero-order valence-corrected chi connectivity index (χ0v) is 10.2. The predicted molar refractivity (Wildman–Crippen MR) is 67.3 cm³/mol. The van der Waals surface area contributed by atoms with Crippen molar-refractivity contribution in [2.24, 2.45) is 0 Å². The number of benzene rings is 1. The number of ether oxygens (including phenoxy) is 2. The van der Waals surface area contributed by atoms with E-state index in [1.165, 1.54) is 5.56 Å². The summed E-state index contributed by atoms with van der Waals surface area (Å²) in [4.78, 5) is 0. The summed E-state index contributed by atoms with van der Waals surface area (Å²) < 4.78 is 10.6. The van der Waals surface area contributed by atoms with Gasteiger partial charge in [-0.3, -0.25) is 0 Å². The standard InChI is InChI=1S/C13H20N2O2/c1-16-13-4-2-3-11(7-13)8-14-9-12-10-17-6-5-15-12/h2-4,7,12,14-15H,5-6,8-10H2,1H3. The SMILES string of the molecule is COc1cccc(CNCC2COCCN2)c1. The maximum Gasteiger partial charge on any atom is 0.119 e. The van der Waals surface area contributed by atoms with Crippen molar-refractivity contribution in [3.05, 3.63) is 29.8 Å². The summed E-state index contributed by atoms with van der Waals surface area (Å²) >= 11 is 0. The van der Waals surface area contributed by atoms with Crippen LogP contribution in [0.5, 0.6) is 5.75 Å². The van der Waals surface area contributed by atoms with Crippen molar-refractivity contribution >= 4 is 0 Å². The van der Waals surface area contributed by atoms with E-state index in [2.05, 4.69) is 22.8 Å². The summed E-state index contributed by atoms with van der Waals surface area (Å²) in [6, 6.07) is 8.55. The third kappa shape index (κ3) is 4.00. The smallest absolute Gasteiger partial charge is 0.119 e. The fraction of sp³-hybridized carbons (Fsp3) is 0.538. The minimum absolute atomic E-state index is 0.425. The molecule has 4 heteroatoms. The highest BCUT2D eigenvalue weighted by molar-refractivity contribution is 5.28. The maximum absolute atomic E-state index is 5.40. The molecule has 17 heavy (non-hydrogen) atoms. The minimum Gasteiger partial charge on any atom is -0.497 e. The van der Waals surface area contributed by atoms with Crippen LogP contribution in [-0.4, -0.2) is 39.5 Å². The van der Waals surface area contributed by atoms with Crippen LogP contribution in [0.3, 0.4) is 0 Å². The van der Waals surface area contributed by atoms with Crippen LogP contribution in [0.15, 0.2) is 24.3 Å². The molecule has 2 rings (SSSR count). The molecule has 0 aliphatic carbocycles. The maximum atomic E-state index is 5.40. The lowest BCUT2D eigenvalue weighted by Crippen LogP contribution is -2.47. The lowest BCUT2D eigenvalue weighted by atomic mass is 10.2. The van der Waals surface area contributed by atoms with Crippen LogP contribution >= 0.6 is 0 Å². The molecular formula is C13H20N2O2. The Morgan fingerprint density at radius 3 is 3.24 bits per heavy atom. The van der Waals surface area contributed by atoms with Crippen LogP contribution in [0.25, 0.3) is 0 Å². The molecule has 1 fully saturated rings. The topological polar surface area (TPSA) is 42.5 Å². The number of methoxy groups -OCH3 is 1. The molecule has 1 heterocycles. The molecule has 1 aliphatic heterocycles. The van der Waals surface area contributed by atoms with Gasteiger partial charge in [0.1, 0.15) is 5.75 Å². The van der Waals surface area contributed by atoms with E-state index in [-0.39, 0.29) is 0 Å². The van der Waals surface area contributed by atoms with Crippen LogP contribution < -0.4 is 15.4 Å². The molecule has 0 amide bonds. The van der Waals surface area contributed by atoms with Crippen molar-refractivity contribution in [1.29, 1.82) is 0 Å². The average Bonchev–Trinajstić information content (AvgIpc) is 2.40. The van der Waals surface area contributed by atoms with Crippen molar-refractivity contribution in [3.63, 3.8) is 0 Å². The number of hydrogen-bond acceptors (Lipinski definition) is 4. The lowest BCUT2D eigenvalue weighted by Gasteiger charge is -2.24. The molecule has 0 aromatic heterocycles. The van der Waals surface area contributed by atoms with E-state index in [4.69, 9.17) is 9.47 Å². The minimum atomic E-state index is 0.425. The van der Waals surface area contributed by atoms with Gasteiger partial charge in [-0.25, -0.2) is 0 Å². The lowest BCUT2D eigenvalue weighted by molar-refractivity contribution is 0.0766. The highest BCUT2D eigenvalue weighted by Crippen LogP contribution is 2.12. The van der Waals surface area contributed by atoms with Crippen molar-refractivity contribution in [2.45, 2.75) is 12.6 Å². The first kappa shape index (κ1) is 12.4. The number of morpholine rings is 1. The van der Waals surface area contributed by atoms with Crippen LogP contribution in [0.2, 0.25) is 0 Å². The predicted octanol–water partition coefficient (Wildman–Crippen LogP) is 0.773. The summed E-state index contributed by atoms with van der Waals surface area (Å²) in [6.45, 7) is 4.36. The molecule has 0 spiro atoms. The van der Waals surface area contributed by atoms with Gasteiger partial charge in [-0.05, 0) is 17.7 Å². The van der Waals surface area contributed by atoms with E-state index in [0.29, 0.717) is 6.04 Å². The third-order valence-corrected chi connectivity index (χ3v) is 2.85. The van der Waals surface area contributed by atoms with Gasteiger partial charge in [-0.1, -0.05) is 12.1 Å². The van der Waals surface area contributed by atoms with Crippen molar-refractivity contribution in [2.75, 3.05) is 33.4 Å². The van der Waals surface area contributed by atoms with E-state index >= 15 is 0 Å². The molecule has 4 nitrogen and oxygen atoms in total. The van der Waals surface area contributed by atoms with Gasteiger partial charge in [-0.15, -0.1) is 0 Å². The molecule has 1 aliphatic rings. The Morgan fingerprint density at radius 2 is 2.47 bits per heavy atom. The molecule has 94 valence electrons. The molecule has 1 aromatic rings. The largest absolute Gasteiger partial charge is 0.497 e. The third-order valence-electron chi connectivity index (χ3n) is 2.85. The van der Waals surface area contributed by atoms with Gasteiger partial charge in [0.05, 0.1) is 20.3 Å². The molecule has 1 aromatic carbocycles. The number of nitrogens with one attached hydrogen (secondary N) is 2. The summed E-state index contributed by atoms with van der Waals surface area (Å²) in [5.41, 5.74) is 1.24. The van der Waals surface area contributed by atoms with Crippen molar-refractivity contribution in [1.82, 2.24) is 10.6 Å². The van der Waals surface area contributed by atoms with Gasteiger partial charge in [0.2, 0.25) is 0 Å². The molecule has 0 saturated carbocycles. The van der Waals surface area contributed by atoms with Gasteiger partial charge in [0.25, 0.3) is 0 Å². The fourth-order valence-corrected chi connectivity index (χ4v) is 1.92. The fourth-order valence-electron chi connectivity index (χ4n) is 1.92. The molecule has 1 saturated heterocycles. The summed E-state index contributed by atoms with van der Waals surface area (Å²) in [5, 5.41) is 6.84. The quantitative estimate of drug-likeness (QED) is 0.792. The van der Waals surface area contributed by atoms with E-state index in [0.717, 1.165) is 38.6 Å². The summed E-state index contributed by atoms with van der Waals surface area (Å²) in [5.74, 6) is 0.906. The Bertz CT molecular complexity index is 338. The number of rotatable bonds is 5. The highest BCUT2D eigenvalue weighted by atomic mass is 16.5. The first-order valence-corrected chi connectivity index (χ1v) is 6.03. The van der Waals surface area contributed by atoms with E-state index < -0.39 is 0 Å². The van der Waals surface area contributed by atoms with Crippen molar-refractivity contribution in [3.8, 4) is 5.75 Å². The molecule has 2 N–H and O–H groups in total. The van der Waals surface area contributed by atoms with Gasteiger partial charge in [0, 0.05) is 25.7 Å². The molecular weight excluding hydrogens is 216 g/mol. The van der Waals surface area contributed by atoms with Crippen LogP contribution in [-0.2, 0) is 11.3 Å². The number of hydrogen-bond donors (Lipinski definition) is 2. The van der Waals surface area contributed by atoms with Crippen LogP contribution in [0.4, 0.5) is 0 Å². The second-order valence-corrected chi connectivity index (χ2v) is 4.21. The summed E-state index contributed by atoms with van der Waals surface area (Å²) in [6.07, 6.45) is 0. The van der Waals surface area contributed by atoms with Gasteiger partial charge >= 0.3 is 0 Å². The Morgan fingerprint density at radius 1 is 1.53 bits per heavy atom. The van der Waals surface area contributed by atoms with Crippen molar-refractivity contribution < 1.29 is 9.47 Å². The zero-order chi connectivity index (χ0) is 11.9. The molecule has 1 unspecified atom stereocenters. The Hall–Kier alpha value is -1.10. The van der Waals surface area contributed by atoms with E-state index in [1.807, 2.05) is 12.1 Å². The summed E-state index contributed by atoms with van der Waals surface area (Å²) in [7, 11) is 1.69. The first-order valence-electron chi connectivity index (χ1n) is 6.03. The van der Waals surface area contributed by atoms with Gasteiger partial charge in [-0.2, -0.15) is 0 Å². The Kier molecular flexibility index (Phi) is 4.79. The van der Waals surface area contributed by atoms with Crippen LogP contribution in [0.1, 0.15) is 5.56 Å². The highest BCUT2D eigenvalue weighted by Gasteiger charge is 2.11. The normalized spacial score (nSPS) is 20.2. The molecule has 1 atom stereocenters. The Balaban J connectivity index is 1.73. The first-order chi connectivity index (χ1) is 8.38. The van der Waals surface area contributed by atoms with Gasteiger partial charge < -0.3 is 20.1 Å². The average molecular weight is 236 g/mol. The second kappa shape index (κ2) is 6.59. The van der Waals surface area contributed by atoms with E-state index in [1.54, 1.807) is 7.11 Å². The van der Waals surface area contributed by atoms with Gasteiger partial charge in [0.15, 0.2) is 0 Å². The molecule has 0 radical (unpaired) electrons. The molecule has 0 bridgehead atoms.